The maximum Gasteiger partial charge on any atom is 0.0837 e. The summed E-state index contributed by atoms with van der Waals surface area (Å²) in [6.45, 7) is 2.89. The van der Waals surface area contributed by atoms with E-state index in [0.29, 0.717) is 6.04 Å². The Morgan fingerprint density at radius 2 is 2.05 bits per heavy atom. The summed E-state index contributed by atoms with van der Waals surface area (Å²) in [7, 11) is 2.05. The van der Waals surface area contributed by atoms with Crippen molar-refractivity contribution in [2.45, 2.75) is 57.1 Å². The van der Waals surface area contributed by atoms with Crippen molar-refractivity contribution in [3.05, 3.63) is 34.9 Å². The van der Waals surface area contributed by atoms with E-state index in [1.165, 1.54) is 24.8 Å². The van der Waals surface area contributed by atoms with Gasteiger partial charge in [-0.05, 0) is 50.9 Å². The minimum Gasteiger partial charge on any atom is -0.374 e. The molecule has 2 rings (SSSR count). The minimum atomic E-state index is -0.00985. The van der Waals surface area contributed by atoms with E-state index in [4.69, 9.17) is 16.3 Å². The predicted octanol–water partition coefficient (Wildman–Crippen LogP) is 4.21. The molecular weight excluding hydrogens is 270 g/mol. The van der Waals surface area contributed by atoms with Crippen LogP contribution in [0.2, 0.25) is 5.02 Å². The smallest absolute Gasteiger partial charge is 0.0837 e. The number of likely N-dealkylation sites (N-methyl/N-ethyl adjacent to an activating group) is 1. The second-order valence-electron chi connectivity index (χ2n) is 5.73. The molecule has 1 unspecified atom stereocenters. The number of hydrogen-bond acceptors (Lipinski definition) is 2. The van der Waals surface area contributed by atoms with Crippen LogP contribution in [0.1, 0.15) is 44.6 Å². The third-order valence-corrected chi connectivity index (χ3v) is 4.68. The Bertz CT molecular complexity index is 410. The molecule has 0 aromatic heterocycles. The Labute approximate surface area is 127 Å². The molecule has 0 aliphatic heterocycles. The molecule has 1 atom stereocenters. The molecule has 0 spiro atoms. The molecule has 3 heteroatoms. The van der Waals surface area contributed by atoms with Gasteiger partial charge < -0.3 is 10.1 Å². The largest absolute Gasteiger partial charge is 0.374 e. The summed E-state index contributed by atoms with van der Waals surface area (Å²) in [6, 6.07) is 8.52. The molecule has 1 aliphatic rings. The average molecular weight is 296 g/mol. The molecule has 20 heavy (non-hydrogen) atoms. The zero-order valence-electron chi connectivity index (χ0n) is 12.6. The van der Waals surface area contributed by atoms with Crippen LogP contribution in [0.25, 0.3) is 0 Å². The van der Waals surface area contributed by atoms with E-state index >= 15 is 0 Å². The number of halogens is 1. The van der Waals surface area contributed by atoms with E-state index < -0.39 is 0 Å². The molecule has 1 aromatic carbocycles. The summed E-state index contributed by atoms with van der Waals surface area (Å²) in [5.74, 6) is 0. The van der Waals surface area contributed by atoms with Crippen LogP contribution in [0.3, 0.4) is 0 Å². The first-order valence-electron chi connectivity index (χ1n) is 7.76. The summed E-state index contributed by atoms with van der Waals surface area (Å²) in [6.07, 6.45) is 7.17. The number of nitrogens with one attached hydrogen (secondary N) is 1. The molecule has 1 aromatic rings. The standard InChI is InChI=1S/C17H26ClNO/c1-3-20-17(10-5-4-6-11-17)16(19-2)13-14-8-7-9-15(18)12-14/h7-9,12,16,19H,3-6,10-11,13H2,1-2H3. The third kappa shape index (κ3) is 3.75. The average Bonchev–Trinajstić information content (AvgIpc) is 2.46. The summed E-state index contributed by atoms with van der Waals surface area (Å²) in [4.78, 5) is 0. The van der Waals surface area contributed by atoms with E-state index in [1.807, 2.05) is 19.2 Å². The zero-order valence-corrected chi connectivity index (χ0v) is 13.4. The molecule has 0 amide bonds. The van der Waals surface area contributed by atoms with Gasteiger partial charge in [-0.2, -0.15) is 0 Å². The van der Waals surface area contributed by atoms with Crippen molar-refractivity contribution in [2.75, 3.05) is 13.7 Å². The minimum absolute atomic E-state index is 0.00985. The van der Waals surface area contributed by atoms with Gasteiger partial charge in [0.2, 0.25) is 0 Å². The molecule has 2 nitrogen and oxygen atoms in total. The Hall–Kier alpha value is -0.570. The summed E-state index contributed by atoms with van der Waals surface area (Å²) >= 11 is 6.10. The second kappa shape index (κ2) is 7.44. The Kier molecular flexibility index (Phi) is 5.88. The highest BCUT2D eigenvalue weighted by Crippen LogP contribution is 2.36. The van der Waals surface area contributed by atoms with Gasteiger partial charge in [-0.25, -0.2) is 0 Å². The first kappa shape index (κ1) is 15.8. The molecule has 0 heterocycles. The normalized spacial score (nSPS) is 19.8. The fraction of sp³-hybridized carbons (Fsp3) is 0.647. The van der Waals surface area contributed by atoms with Crippen LogP contribution >= 0.6 is 11.6 Å². The Balaban J connectivity index is 2.15. The molecule has 0 saturated heterocycles. The van der Waals surface area contributed by atoms with Crippen LogP contribution in [0.5, 0.6) is 0 Å². The van der Waals surface area contributed by atoms with E-state index in [0.717, 1.165) is 30.9 Å². The van der Waals surface area contributed by atoms with Crippen molar-refractivity contribution in [1.82, 2.24) is 5.32 Å². The molecule has 1 saturated carbocycles. The Morgan fingerprint density at radius 1 is 1.30 bits per heavy atom. The van der Waals surface area contributed by atoms with E-state index in [-0.39, 0.29) is 5.60 Å². The van der Waals surface area contributed by atoms with Crippen LogP contribution in [0.4, 0.5) is 0 Å². The zero-order chi connectivity index (χ0) is 14.4. The number of hydrogen-bond donors (Lipinski definition) is 1. The lowest BCUT2D eigenvalue weighted by Gasteiger charge is -2.43. The van der Waals surface area contributed by atoms with Gasteiger partial charge in [-0.1, -0.05) is 43.0 Å². The van der Waals surface area contributed by atoms with Gasteiger partial charge in [0.1, 0.15) is 0 Å². The topological polar surface area (TPSA) is 21.3 Å². The van der Waals surface area contributed by atoms with E-state index in [1.54, 1.807) is 0 Å². The van der Waals surface area contributed by atoms with Gasteiger partial charge >= 0.3 is 0 Å². The molecule has 0 bridgehead atoms. The maximum atomic E-state index is 6.23. The van der Waals surface area contributed by atoms with Gasteiger partial charge in [-0.15, -0.1) is 0 Å². The summed E-state index contributed by atoms with van der Waals surface area (Å²) < 4.78 is 6.23. The first-order chi connectivity index (χ1) is 9.70. The highest BCUT2D eigenvalue weighted by Gasteiger charge is 2.39. The lowest BCUT2D eigenvalue weighted by atomic mass is 9.77. The van der Waals surface area contributed by atoms with Crippen molar-refractivity contribution in [1.29, 1.82) is 0 Å². The van der Waals surface area contributed by atoms with Gasteiger partial charge in [0.25, 0.3) is 0 Å². The van der Waals surface area contributed by atoms with Crippen LogP contribution in [-0.4, -0.2) is 25.3 Å². The highest BCUT2D eigenvalue weighted by atomic mass is 35.5. The number of rotatable bonds is 6. The van der Waals surface area contributed by atoms with Gasteiger partial charge in [-0.3, -0.25) is 0 Å². The summed E-state index contributed by atoms with van der Waals surface area (Å²) in [5, 5.41) is 4.31. The molecular formula is C17H26ClNO. The molecule has 1 fully saturated rings. The Morgan fingerprint density at radius 3 is 2.65 bits per heavy atom. The number of ether oxygens (including phenoxy) is 1. The molecule has 1 aliphatic carbocycles. The van der Waals surface area contributed by atoms with E-state index in [9.17, 15) is 0 Å². The lowest BCUT2D eigenvalue weighted by Crippen LogP contribution is -2.53. The third-order valence-electron chi connectivity index (χ3n) is 4.44. The molecule has 1 N–H and O–H groups in total. The fourth-order valence-corrected chi connectivity index (χ4v) is 3.69. The van der Waals surface area contributed by atoms with Gasteiger partial charge in [0, 0.05) is 17.7 Å². The van der Waals surface area contributed by atoms with Gasteiger partial charge in [0.05, 0.1) is 5.60 Å². The SMILES string of the molecule is CCOC1(C(Cc2cccc(Cl)c2)NC)CCCCC1. The van der Waals surface area contributed by atoms with Crippen molar-refractivity contribution >= 4 is 11.6 Å². The van der Waals surface area contributed by atoms with Crippen molar-refractivity contribution in [3.63, 3.8) is 0 Å². The fourth-order valence-electron chi connectivity index (χ4n) is 3.48. The monoisotopic (exact) mass is 295 g/mol. The van der Waals surface area contributed by atoms with E-state index in [2.05, 4.69) is 24.4 Å². The van der Waals surface area contributed by atoms with Crippen molar-refractivity contribution in [3.8, 4) is 0 Å². The predicted molar refractivity (Wildman–Crippen MR) is 85.4 cm³/mol. The lowest BCUT2D eigenvalue weighted by molar-refractivity contribution is -0.0883. The quantitative estimate of drug-likeness (QED) is 0.849. The first-order valence-corrected chi connectivity index (χ1v) is 8.13. The second-order valence-corrected chi connectivity index (χ2v) is 6.17. The van der Waals surface area contributed by atoms with Crippen molar-refractivity contribution < 1.29 is 4.74 Å². The number of benzene rings is 1. The highest BCUT2D eigenvalue weighted by molar-refractivity contribution is 6.30. The summed E-state index contributed by atoms with van der Waals surface area (Å²) in [5.41, 5.74) is 1.27. The molecule has 0 radical (unpaired) electrons. The van der Waals surface area contributed by atoms with Crippen LogP contribution < -0.4 is 5.32 Å². The van der Waals surface area contributed by atoms with Crippen LogP contribution in [0.15, 0.2) is 24.3 Å². The molecule has 112 valence electrons. The maximum absolute atomic E-state index is 6.23. The van der Waals surface area contributed by atoms with Crippen LogP contribution in [0, 0.1) is 0 Å². The van der Waals surface area contributed by atoms with Crippen LogP contribution in [-0.2, 0) is 11.2 Å². The van der Waals surface area contributed by atoms with Crippen molar-refractivity contribution in [2.24, 2.45) is 0 Å². The van der Waals surface area contributed by atoms with Gasteiger partial charge in [0.15, 0.2) is 0 Å².